The van der Waals surface area contributed by atoms with E-state index in [2.05, 4.69) is 36.3 Å². The van der Waals surface area contributed by atoms with Crippen LogP contribution >= 0.6 is 0 Å². The molecule has 2 aromatic carbocycles. The van der Waals surface area contributed by atoms with Crippen LogP contribution < -0.4 is 0 Å². The molecule has 0 bridgehead atoms. The molecule has 1 N–H and O–H groups in total. The number of hydrogen-bond donors (Lipinski definition) is 1. The zero-order chi connectivity index (χ0) is 16.2. The zero-order valence-corrected chi connectivity index (χ0v) is 13.6. The van der Waals surface area contributed by atoms with E-state index < -0.39 is 0 Å². The number of H-pyrrole nitrogens is 1. The minimum atomic E-state index is 0.0970. The summed E-state index contributed by atoms with van der Waals surface area (Å²) < 4.78 is 0. The maximum atomic E-state index is 12.7. The third kappa shape index (κ3) is 3.14. The van der Waals surface area contributed by atoms with Crippen LogP contribution in [0, 0.1) is 0 Å². The molecule has 0 radical (unpaired) electrons. The lowest BCUT2D eigenvalue weighted by molar-refractivity contribution is 0.0756. The number of para-hydroxylation sites is 1. The average molecular weight is 306 g/mol. The monoisotopic (exact) mass is 306 g/mol. The molecule has 0 saturated carbocycles. The summed E-state index contributed by atoms with van der Waals surface area (Å²) in [4.78, 5) is 17.9. The number of hydrogen-bond acceptors (Lipinski definition) is 1. The number of aromatic nitrogens is 1. The molecular formula is C20H22N2O. The van der Waals surface area contributed by atoms with E-state index in [1.165, 1.54) is 10.9 Å². The molecule has 3 rings (SSSR count). The molecule has 0 aliphatic heterocycles. The highest BCUT2D eigenvalue weighted by Gasteiger charge is 2.19. The number of carbonyl (C=O) groups excluding carboxylic acids is 1. The maximum absolute atomic E-state index is 12.7. The van der Waals surface area contributed by atoms with Gasteiger partial charge in [0.2, 0.25) is 0 Å². The van der Waals surface area contributed by atoms with E-state index in [4.69, 9.17) is 0 Å². The minimum Gasteiger partial charge on any atom is -0.361 e. The highest BCUT2D eigenvalue weighted by molar-refractivity contribution is 5.94. The van der Waals surface area contributed by atoms with Gasteiger partial charge in [-0.25, -0.2) is 0 Å². The first kappa shape index (κ1) is 15.3. The fourth-order valence-corrected chi connectivity index (χ4v) is 3.05. The maximum Gasteiger partial charge on any atom is 0.253 e. The van der Waals surface area contributed by atoms with E-state index in [-0.39, 0.29) is 11.8 Å². The summed E-state index contributed by atoms with van der Waals surface area (Å²) in [5.41, 5.74) is 3.16. The van der Waals surface area contributed by atoms with Crippen LogP contribution in [-0.4, -0.2) is 28.9 Å². The standard InChI is InChI=1S/C20H22N2O/c1-3-22(20(23)16-9-5-4-6-10-16)14-15(2)18-13-21-19-12-8-7-11-17(18)19/h4-13,15,21H,3,14H2,1-2H3. The van der Waals surface area contributed by atoms with Gasteiger partial charge in [-0.15, -0.1) is 0 Å². The number of amides is 1. The summed E-state index contributed by atoms with van der Waals surface area (Å²) in [7, 11) is 0. The fourth-order valence-electron chi connectivity index (χ4n) is 3.05. The molecular weight excluding hydrogens is 284 g/mol. The number of carbonyl (C=O) groups is 1. The molecule has 3 heteroatoms. The summed E-state index contributed by atoms with van der Waals surface area (Å²) in [5, 5.41) is 1.24. The normalized spacial score (nSPS) is 12.3. The topological polar surface area (TPSA) is 36.1 Å². The van der Waals surface area contributed by atoms with Gasteiger partial charge in [0.1, 0.15) is 0 Å². The molecule has 0 spiro atoms. The van der Waals surface area contributed by atoms with Crippen LogP contribution in [0.3, 0.4) is 0 Å². The van der Waals surface area contributed by atoms with E-state index in [0.717, 1.165) is 11.1 Å². The summed E-state index contributed by atoms with van der Waals surface area (Å²) >= 11 is 0. The van der Waals surface area contributed by atoms with Crippen molar-refractivity contribution in [3.63, 3.8) is 0 Å². The number of fused-ring (bicyclic) bond motifs is 1. The van der Waals surface area contributed by atoms with Crippen molar-refractivity contribution in [1.82, 2.24) is 9.88 Å². The molecule has 1 heterocycles. The number of likely N-dealkylation sites (N-methyl/N-ethyl adjacent to an activating group) is 1. The second-order valence-electron chi connectivity index (χ2n) is 5.90. The summed E-state index contributed by atoms with van der Waals surface area (Å²) in [6, 6.07) is 17.8. The van der Waals surface area contributed by atoms with Crippen LogP contribution in [0.5, 0.6) is 0 Å². The van der Waals surface area contributed by atoms with Gasteiger partial charge in [0.15, 0.2) is 0 Å². The zero-order valence-electron chi connectivity index (χ0n) is 13.6. The van der Waals surface area contributed by atoms with Crippen molar-refractivity contribution < 1.29 is 4.79 Å². The largest absolute Gasteiger partial charge is 0.361 e. The second-order valence-corrected chi connectivity index (χ2v) is 5.90. The van der Waals surface area contributed by atoms with Crippen LogP contribution in [0.1, 0.15) is 35.7 Å². The van der Waals surface area contributed by atoms with E-state index in [1.807, 2.05) is 48.2 Å². The molecule has 0 fully saturated rings. The highest BCUT2D eigenvalue weighted by atomic mass is 16.2. The Balaban J connectivity index is 1.80. The first-order chi connectivity index (χ1) is 11.2. The number of benzene rings is 2. The van der Waals surface area contributed by atoms with Crippen molar-refractivity contribution in [2.24, 2.45) is 0 Å². The molecule has 0 saturated heterocycles. The summed E-state index contributed by atoms with van der Waals surface area (Å²) in [6.07, 6.45) is 2.07. The second kappa shape index (κ2) is 6.69. The molecule has 1 atom stereocenters. The molecule has 1 amide bonds. The van der Waals surface area contributed by atoms with Gasteiger partial charge in [0.25, 0.3) is 5.91 Å². The minimum absolute atomic E-state index is 0.0970. The third-order valence-electron chi connectivity index (χ3n) is 4.34. The molecule has 0 aliphatic rings. The number of nitrogens with zero attached hydrogens (tertiary/aromatic N) is 1. The highest BCUT2D eigenvalue weighted by Crippen LogP contribution is 2.26. The van der Waals surface area contributed by atoms with E-state index in [1.54, 1.807) is 0 Å². The summed E-state index contributed by atoms with van der Waals surface area (Å²) in [6.45, 7) is 5.63. The lowest BCUT2D eigenvalue weighted by Gasteiger charge is -2.24. The van der Waals surface area contributed by atoms with Gasteiger partial charge in [-0.3, -0.25) is 4.79 Å². The van der Waals surface area contributed by atoms with Gasteiger partial charge in [0.05, 0.1) is 0 Å². The van der Waals surface area contributed by atoms with Gasteiger partial charge in [0, 0.05) is 41.7 Å². The van der Waals surface area contributed by atoms with Crippen LogP contribution in [0.25, 0.3) is 10.9 Å². The van der Waals surface area contributed by atoms with Gasteiger partial charge in [-0.2, -0.15) is 0 Å². The van der Waals surface area contributed by atoms with Gasteiger partial charge < -0.3 is 9.88 Å². The van der Waals surface area contributed by atoms with Gasteiger partial charge in [-0.1, -0.05) is 43.3 Å². The Morgan fingerprint density at radius 3 is 2.52 bits per heavy atom. The third-order valence-corrected chi connectivity index (χ3v) is 4.34. The van der Waals surface area contributed by atoms with Crippen LogP contribution in [0.15, 0.2) is 60.8 Å². The van der Waals surface area contributed by atoms with Crippen molar-refractivity contribution in [1.29, 1.82) is 0 Å². The lowest BCUT2D eigenvalue weighted by Crippen LogP contribution is -2.34. The smallest absolute Gasteiger partial charge is 0.253 e. The Morgan fingerprint density at radius 2 is 1.78 bits per heavy atom. The fraction of sp³-hybridized carbons (Fsp3) is 0.250. The van der Waals surface area contributed by atoms with Crippen molar-refractivity contribution in [3.8, 4) is 0 Å². The van der Waals surface area contributed by atoms with Crippen LogP contribution in [-0.2, 0) is 0 Å². The Bertz CT molecular complexity index is 792. The van der Waals surface area contributed by atoms with Crippen LogP contribution in [0.4, 0.5) is 0 Å². The summed E-state index contributed by atoms with van der Waals surface area (Å²) in [5.74, 6) is 0.374. The first-order valence-electron chi connectivity index (χ1n) is 8.11. The van der Waals surface area contributed by atoms with E-state index in [9.17, 15) is 4.79 Å². The molecule has 1 aromatic heterocycles. The molecule has 1 unspecified atom stereocenters. The van der Waals surface area contributed by atoms with Crippen molar-refractivity contribution in [2.75, 3.05) is 13.1 Å². The Kier molecular flexibility index (Phi) is 4.47. The number of rotatable bonds is 5. The first-order valence-corrected chi connectivity index (χ1v) is 8.11. The van der Waals surface area contributed by atoms with Crippen molar-refractivity contribution >= 4 is 16.8 Å². The van der Waals surface area contributed by atoms with Gasteiger partial charge in [-0.05, 0) is 30.7 Å². The quantitative estimate of drug-likeness (QED) is 0.743. The SMILES string of the molecule is CCN(CC(C)c1c[nH]c2ccccc12)C(=O)c1ccccc1. The van der Waals surface area contributed by atoms with E-state index in [0.29, 0.717) is 13.1 Å². The molecule has 3 nitrogen and oxygen atoms in total. The molecule has 23 heavy (non-hydrogen) atoms. The molecule has 118 valence electrons. The number of aromatic amines is 1. The van der Waals surface area contributed by atoms with E-state index >= 15 is 0 Å². The van der Waals surface area contributed by atoms with Crippen molar-refractivity contribution in [3.05, 3.63) is 71.9 Å². The van der Waals surface area contributed by atoms with Crippen molar-refractivity contribution in [2.45, 2.75) is 19.8 Å². The molecule has 0 aliphatic carbocycles. The predicted molar refractivity (Wildman–Crippen MR) is 94.7 cm³/mol. The Hall–Kier alpha value is -2.55. The average Bonchev–Trinajstić information content (AvgIpc) is 3.04. The molecule has 3 aromatic rings. The predicted octanol–water partition coefficient (Wildman–Crippen LogP) is 4.43. The Morgan fingerprint density at radius 1 is 1.09 bits per heavy atom. The number of nitrogens with one attached hydrogen (secondary N) is 1. The lowest BCUT2D eigenvalue weighted by atomic mass is 9.99. The van der Waals surface area contributed by atoms with Crippen LogP contribution in [0.2, 0.25) is 0 Å². The Labute approximate surface area is 136 Å². The van der Waals surface area contributed by atoms with Gasteiger partial charge >= 0.3 is 0 Å².